The third kappa shape index (κ3) is 5.14. The second kappa shape index (κ2) is 11.1. The van der Waals surface area contributed by atoms with Crippen molar-refractivity contribution < 1.29 is 23.7 Å². The molecule has 1 saturated carbocycles. The predicted molar refractivity (Wildman–Crippen MR) is 171 cm³/mol. The van der Waals surface area contributed by atoms with Gasteiger partial charge in [-0.05, 0) is 94.3 Å². The smallest absolute Gasteiger partial charge is 0.319 e. The van der Waals surface area contributed by atoms with E-state index in [2.05, 4.69) is 22.9 Å². The van der Waals surface area contributed by atoms with Crippen LogP contribution in [0.15, 0.2) is 36.4 Å². The largest absolute Gasteiger partial charge is 0.508 e. The van der Waals surface area contributed by atoms with Crippen LogP contribution in [0.1, 0.15) is 57.4 Å². The van der Waals surface area contributed by atoms with E-state index in [9.17, 15) is 14.6 Å². The highest BCUT2D eigenvalue weighted by Crippen LogP contribution is 2.48. The summed E-state index contributed by atoms with van der Waals surface area (Å²) in [5, 5.41) is 22.8. The van der Waals surface area contributed by atoms with Crippen LogP contribution < -0.4 is 9.64 Å². The molecule has 1 aliphatic carbocycles. The Hall–Kier alpha value is -4.00. The molecule has 3 unspecified atom stereocenters. The SMILES string of the molecule is C#Cc1c(F)ccc2cc(O)cc(-c3ccc4c(N5CCCC(C)(O)C5)nc(OCC56CCCC5N(C)CCC6)nc4c3F)c12. The van der Waals surface area contributed by atoms with Gasteiger partial charge in [-0.1, -0.05) is 24.5 Å². The number of phenols is 1. The normalized spacial score (nSPS) is 25.4. The summed E-state index contributed by atoms with van der Waals surface area (Å²) >= 11 is 0. The van der Waals surface area contributed by atoms with E-state index in [1.807, 2.05) is 4.90 Å². The van der Waals surface area contributed by atoms with E-state index in [0.717, 1.165) is 45.1 Å². The molecule has 0 spiro atoms. The molecule has 2 aliphatic heterocycles. The summed E-state index contributed by atoms with van der Waals surface area (Å²) in [5.41, 5.74) is -0.500. The maximum absolute atomic E-state index is 16.8. The lowest BCUT2D eigenvalue weighted by molar-refractivity contribution is 0.0132. The number of fused-ring (bicyclic) bond motifs is 3. The van der Waals surface area contributed by atoms with Crippen molar-refractivity contribution in [3.8, 4) is 35.2 Å². The first kappa shape index (κ1) is 29.7. The quantitative estimate of drug-likeness (QED) is 0.252. The number of hydrogen-bond donors (Lipinski definition) is 2. The number of piperidine rings is 2. The van der Waals surface area contributed by atoms with Gasteiger partial charge in [0.15, 0.2) is 5.82 Å². The van der Waals surface area contributed by atoms with E-state index in [-0.39, 0.29) is 39.4 Å². The molecule has 45 heavy (non-hydrogen) atoms. The fraction of sp³-hybridized carbons (Fsp3) is 0.444. The number of ether oxygens (including phenoxy) is 1. The second-order valence-electron chi connectivity index (χ2n) is 13.5. The van der Waals surface area contributed by atoms with E-state index >= 15 is 4.39 Å². The minimum atomic E-state index is -0.923. The van der Waals surface area contributed by atoms with Gasteiger partial charge in [0.05, 0.1) is 17.8 Å². The van der Waals surface area contributed by atoms with Crippen LogP contribution in [-0.2, 0) is 0 Å². The Morgan fingerprint density at radius 1 is 1.04 bits per heavy atom. The van der Waals surface area contributed by atoms with Gasteiger partial charge in [-0.15, -0.1) is 6.42 Å². The molecule has 7 rings (SSSR count). The number of aromatic nitrogens is 2. The van der Waals surface area contributed by atoms with Gasteiger partial charge in [0.25, 0.3) is 0 Å². The fourth-order valence-corrected chi connectivity index (χ4v) is 8.20. The van der Waals surface area contributed by atoms with Gasteiger partial charge in [0, 0.05) is 40.9 Å². The Morgan fingerprint density at radius 2 is 1.84 bits per heavy atom. The zero-order chi connectivity index (χ0) is 31.5. The lowest BCUT2D eigenvalue weighted by Crippen LogP contribution is -2.50. The third-order valence-corrected chi connectivity index (χ3v) is 10.3. The number of nitrogens with zero attached hydrogens (tertiary/aromatic N) is 4. The van der Waals surface area contributed by atoms with Crippen molar-refractivity contribution >= 4 is 27.5 Å². The summed E-state index contributed by atoms with van der Waals surface area (Å²) in [7, 11) is 2.18. The molecule has 7 nitrogen and oxygen atoms in total. The molecular formula is C36H38F2N4O3. The Balaban J connectivity index is 1.38. The highest BCUT2D eigenvalue weighted by molar-refractivity contribution is 6.04. The number of β-amino-alcohol motifs (C(OH)–C–C–N with tert-alkyl or cyclic N) is 1. The number of likely N-dealkylation sites (tertiary alicyclic amines) is 1. The molecule has 0 amide bonds. The second-order valence-corrected chi connectivity index (χ2v) is 13.5. The Kier molecular flexibility index (Phi) is 7.33. The topological polar surface area (TPSA) is 82.0 Å². The number of hydrogen-bond acceptors (Lipinski definition) is 7. The number of benzene rings is 3. The van der Waals surface area contributed by atoms with Crippen molar-refractivity contribution in [3.63, 3.8) is 0 Å². The minimum absolute atomic E-state index is 0.00313. The Labute approximate surface area is 261 Å². The summed E-state index contributed by atoms with van der Waals surface area (Å²) in [6.45, 7) is 4.28. The Bertz CT molecular complexity index is 1850. The molecule has 3 heterocycles. The van der Waals surface area contributed by atoms with Crippen LogP contribution in [0.4, 0.5) is 14.6 Å². The van der Waals surface area contributed by atoms with E-state index < -0.39 is 17.2 Å². The molecule has 2 saturated heterocycles. The molecule has 3 atom stereocenters. The molecule has 0 radical (unpaired) electrons. The molecule has 1 aromatic heterocycles. The summed E-state index contributed by atoms with van der Waals surface area (Å²) < 4.78 is 38.1. The number of phenolic OH excluding ortho intramolecular Hbond substituents is 1. The summed E-state index contributed by atoms with van der Waals surface area (Å²) in [6, 6.07) is 9.47. The van der Waals surface area contributed by atoms with Gasteiger partial charge >= 0.3 is 6.01 Å². The average Bonchev–Trinajstić information content (AvgIpc) is 3.45. The number of anilines is 1. The lowest BCUT2D eigenvalue weighted by Gasteiger charge is -2.44. The first-order valence-electron chi connectivity index (χ1n) is 15.8. The summed E-state index contributed by atoms with van der Waals surface area (Å²) in [6.07, 6.45) is 12.6. The molecule has 2 N–H and O–H groups in total. The van der Waals surface area contributed by atoms with Gasteiger partial charge in [-0.2, -0.15) is 9.97 Å². The van der Waals surface area contributed by atoms with Crippen LogP contribution in [0.25, 0.3) is 32.8 Å². The summed E-state index contributed by atoms with van der Waals surface area (Å²) in [5.74, 6) is 1.54. The number of terminal acetylenes is 1. The molecule has 3 fully saturated rings. The number of aromatic hydroxyl groups is 1. The maximum Gasteiger partial charge on any atom is 0.319 e. The van der Waals surface area contributed by atoms with Crippen molar-refractivity contribution in [2.75, 3.05) is 38.2 Å². The molecule has 4 aromatic rings. The van der Waals surface area contributed by atoms with Gasteiger partial charge in [0.1, 0.15) is 22.9 Å². The standard InChI is InChI=1S/C36H38F2N4O3/c1-4-24-28(37)12-9-22-18-23(43)19-27(30(22)24)25-10-11-26-32(31(25)38)39-34(40-33(26)42-17-6-13-35(2,44)20-42)45-21-36-14-5-8-29(36)41(3)16-7-15-36/h1,9-12,18-19,29,43-44H,5-8,13-17,20-21H2,2-3H3. The van der Waals surface area contributed by atoms with Gasteiger partial charge in [0.2, 0.25) is 0 Å². The van der Waals surface area contributed by atoms with Crippen molar-refractivity contribution in [1.29, 1.82) is 0 Å². The van der Waals surface area contributed by atoms with Crippen molar-refractivity contribution in [2.45, 2.75) is 63.5 Å². The predicted octanol–water partition coefficient (Wildman–Crippen LogP) is 6.41. The van der Waals surface area contributed by atoms with Gasteiger partial charge in [-0.25, -0.2) is 8.78 Å². The van der Waals surface area contributed by atoms with Crippen molar-refractivity contribution in [3.05, 3.63) is 53.6 Å². The minimum Gasteiger partial charge on any atom is -0.508 e. The van der Waals surface area contributed by atoms with Crippen molar-refractivity contribution in [1.82, 2.24) is 14.9 Å². The lowest BCUT2D eigenvalue weighted by atomic mass is 9.76. The maximum atomic E-state index is 16.8. The molecule has 3 aromatic carbocycles. The molecular weight excluding hydrogens is 574 g/mol. The number of halogens is 2. The molecule has 3 aliphatic rings. The number of rotatable bonds is 5. The van der Waals surface area contributed by atoms with Gasteiger partial charge < -0.3 is 24.7 Å². The van der Waals surface area contributed by atoms with E-state index in [4.69, 9.17) is 16.1 Å². The van der Waals surface area contributed by atoms with Crippen LogP contribution in [0, 0.1) is 29.4 Å². The van der Waals surface area contributed by atoms with Gasteiger partial charge in [-0.3, -0.25) is 0 Å². The average molecular weight is 613 g/mol. The number of aliphatic hydroxyl groups is 1. The first-order valence-corrected chi connectivity index (χ1v) is 15.8. The van der Waals surface area contributed by atoms with Crippen LogP contribution in [0.3, 0.4) is 0 Å². The van der Waals surface area contributed by atoms with E-state index in [1.165, 1.54) is 24.3 Å². The summed E-state index contributed by atoms with van der Waals surface area (Å²) in [4.78, 5) is 13.9. The van der Waals surface area contributed by atoms with Crippen LogP contribution in [0.5, 0.6) is 11.8 Å². The highest BCUT2D eigenvalue weighted by atomic mass is 19.1. The Morgan fingerprint density at radius 3 is 2.64 bits per heavy atom. The van der Waals surface area contributed by atoms with E-state index in [0.29, 0.717) is 54.1 Å². The molecule has 9 heteroatoms. The zero-order valence-electron chi connectivity index (χ0n) is 25.7. The van der Waals surface area contributed by atoms with Crippen LogP contribution in [0.2, 0.25) is 0 Å². The fourth-order valence-electron chi connectivity index (χ4n) is 8.20. The highest BCUT2D eigenvalue weighted by Gasteiger charge is 2.47. The monoisotopic (exact) mass is 612 g/mol. The van der Waals surface area contributed by atoms with Crippen molar-refractivity contribution in [2.24, 2.45) is 5.41 Å². The van der Waals surface area contributed by atoms with E-state index in [1.54, 1.807) is 19.1 Å². The zero-order valence-corrected chi connectivity index (χ0v) is 25.7. The third-order valence-electron chi connectivity index (χ3n) is 10.3. The van der Waals surface area contributed by atoms with Crippen LogP contribution >= 0.6 is 0 Å². The molecule has 234 valence electrons. The van der Waals surface area contributed by atoms with Crippen LogP contribution in [-0.4, -0.2) is 70.0 Å². The first-order chi connectivity index (χ1) is 21.6. The molecule has 0 bridgehead atoms.